The zero-order valence-electron chi connectivity index (χ0n) is 15.3. The van der Waals surface area contributed by atoms with Gasteiger partial charge in [-0.25, -0.2) is 0 Å². The van der Waals surface area contributed by atoms with Crippen molar-refractivity contribution in [3.8, 4) is 17.2 Å². The van der Waals surface area contributed by atoms with Crippen molar-refractivity contribution in [2.45, 2.75) is 25.5 Å². The first kappa shape index (κ1) is 20.2. The lowest BCUT2D eigenvalue weighted by Crippen LogP contribution is -2.37. The Balaban J connectivity index is 0.00000243. The summed E-state index contributed by atoms with van der Waals surface area (Å²) in [6.45, 7) is 2.92. The van der Waals surface area contributed by atoms with Crippen molar-refractivity contribution in [1.82, 2.24) is 4.90 Å². The number of rotatable bonds is 6. The smallest absolute Gasteiger partial charge is 0.203 e. The minimum absolute atomic E-state index is 0. The molecule has 0 amide bonds. The number of nitrogens with two attached hydrogens (primary N) is 1. The topological polar surface area (TPSA) is 57.0 Å². The van der Waals surface area contributed by atoms with Gasteiger partial charge in [0.25, 0.3) is 0 Å². The van der Waals surface area contributed by atoms with Gasteiger partial charge < -0.3 is 19.9 Å². The lowest BCUT2D eigenvalue weighted by Gasteiger charge is -2.32. The molecule has 1 aliphatic rings. The van der Waals surface area contributed by atoms with E-state index < -0.39 is 0 Å². The van der Waals surface area contributed by atoms with Gasteiger partial charge in [-0.2, -0.15) is 0 Å². The van der Waals surface area contributed by atoms with Crippen molar-refractivity contribution < 1.29 is 14.2 Å². The summed E-state index contributed by atoms with van der Waals surface area (Å²) in [6, 6.07) is 13.8. The van der Waals surface area contributed by atoms with Crippen molar-refractivity contribution in [2.75, 3.05) is 33.0 Å². The van der Waals surface area contributed by atoms with Gasteiger partial charge in [0, 0.05) is 25.3 Å². The van der Waals surface area contributed by atoms with Crippen LogP contribution in [0.15, 0.2) is 42.5 Å². The van der Waals surface area contributed by atoms with E-state index in [4.69, 9.17) is 19.9 Å². The molecule has 0 saturated carbocycles. The number of nitrogen functional groups attached to an aromatic ring is 1. The minimum Gasteiger partial charge on any atom is -0.493 e. The van der Waals surface area contributed by atoms with Gasteiger partial charge in [-0.1, -0.05) is 18.2 Å². The summed E-state index contributed by atoms with van der Waals surface area (Å²) >= 11 is 0. The summed E-state index contributed by atoms with van der Waals surface area (Å²) < 4.78 is 17.0. The maximum Gasteiger partial charge on any atom is 0.203 e. The van der Waals surface area contributed by atoms with Gasteiger partial charge in [0.05, 0.1) is 14.2 Å². The Morgan fingerprint density at radius 3 is 2.19 bits per heavy atom. The highest BCUT2D eigenvalue weighted by atomic mass is 35.5. The SMILES string of the molecule is COc1cccc(OC)c1OC1CCN(Cc2cccc(N)c2)CC1.Cl. The van der Waals surface area contributed by atoms with E-state index in [1.165, 1.54) is 5.56 Å². The second kappa shape index (κ2) is 9.55. The number of halogens is 1. The molecule has 6 heteroatoms. The number of likely N-dealkylation sites (tertiary alicyclic amines) is 1. The average molecular weight is 379 g/mol. The number of anilines is 1. The van der Waals surface area contributed by atoms with Crippen LogP contribution < -0.4 is 19.9 Å². The Morgan fingerprint density at radius 2 is 1.62 bits per heavy atom. The lowest BCUT2D eigenvalue weighted by atomic mass is 10.1. The third-order valence-corrected chi connectivity index (χ3v) is 4.56. The third kappa shape index (κ3) is 4.96. The summed E-state index contributed by atoms with van der Waals surface area (Å²) in [5.74, 6) is 2.12. The Kier molecular flexibility index (Phi) is 7.42. The van der Waals surface area contributed by atoms with Crippen molar-refractivity contribution in [2.24, 2.45) is 0 Å². The van der Waals surface area contributed by atoms with Gasteiger partial charge in [-0.15, -0.1) is 12.4 Å². The molecule has 0 bridgehead atoms. The molecule has 2 N–H and O–H groups in total. The molecule has 142 valence electrons. The zero-order valence-corrected chi connectivity index (χ0v) is 16.1. The molecular formula is C20H27ClN2O3. The molecule has 0 aliphatic carbocycles. The van der Waals surface area contributed by atoms with Crippen LogP contribution in [0.5, 0.6) is 17.2 Å². The van der Waals surface area contributed by atoms with Crippen LogP contribution in [0.3, 0.4) is 0 Å². The van der Waals surface area contributed by atoms with Crippen LogP contribution in [0.2, 0.25) is 0 Å². The fourth-order valence-electron chi connectivity index (χ4n) is 3.23. The standard InChI is InChI=1S/C20H26N2O3.ClH/c1-23-18-7-4-8-19(24-2)20(18)25-17-9-11-22(12-10-17)14-15-5-3-6-16(21)13-15;/h3-8,13,17H,9-12,14,21H2,1-2H3;1H. The minimum atomic E-state index is 0. The maximum absolute atomic E-state index is 6.22. The van der Waals surface area contributed by atoms with Gasteiger partial charge in [0.15, 0.2) is 11.5 Å². The van der Waals surface area contributed by atoms with Gasteiger partial charge in [0.2, 0.25) is 5.75 Å². The van der Waals surface area contributed by atoms with E-state index in [2.05, 4.69) is 11.0 Å². The Labute approximate surface area is 161 Å². The van der Waals surface area contributed by atoms with Crippen LogP contribution in [0.25, 0.3) is 0 Å². The quantitative estimate of drug-likeness (QED) is 0.776. The molecule has 3 rings (SSSR count). The van der Waals surface area contributed by atoms with Crippen molar-refractivity contribution in [1.29, 1.82) is 0 Å². The van der Waals surface area contributed by atoms with Crippen LogP contribution in [0.1, 0.15) is 18.4 Å². The number of piperidine rings is 1. The Hall–Kier alpha value is -2.11. The molecule has 0 spiro atoms. The molecule has 2 aromatic carbocycles. The van der Waals surface area contributed by atoms with Gasteiger partial charge >= 0.3 is 0 Å². The van der Waals surface area contributed by atoms with Gasteiger partial charge in [-0.3, -0.25) is 4.90 Å². The molecule has 0 unspecified atom stereocenters. The van der Waals surface area contributed by atoms with Crippen LogP contribution in [-0.2, 0) is 6.54 Å². The van der Waals surface area contributed by atoms with E-state index in [1.54, 1.807) is 14.2 Å². The zero-order chi connectivity index (χ0) is 17.6. The molecule has 1 heterocycles. The number of hydrogen-bond acceptors (Lipinski definition) is 5. The molecular weight excluding hydrogens is 352 g/mol. The second-order valence-corrected chi connectivity index (χ2v) is 6.33. The molecule has 1 aliphatic heterocycles. The molecule has 1 saturated heterocycles. The number of para-hydroxylation sites is 1. The van der Waals surface area contributed by atoms with Crippen molar-refractivity contribution in [3.05, 3.63) is 48.0 Å². The monoisotopic (exact) mass is 378 g/mol. The van der Waals surface area contributed by atoms with Crippen LogP contribution >= 0.6 is 12.4 Å². The number of hydrogen-bond donors (Lipinski definition) is 1. The molecule has 0 radical (unpaired) electrons. The summed E-state index contributed by atoms with van der Waals surface area (Å²) in [5.41, 5.74) is 7.94. The van der Waals surface area contributed by atoms with Crippen molar-refractivity contribution >= 4 is 18.1 Å². The summed E-state index contributed by atoms with van der Waals surface area (Å²) in [6.07, 6.45) is 2.12. The second-order valence-electron chi connectivity index (χ2n) is 6.33. The summed E-state index contributed by atoms with van der Waals surface area (Å²) in [4.78, 5) is 2.44. The van der Waals surface area contributed by atoms with Crippen molar-refractivity contribution in [3.63, 3.8) is 0 Å². The number of methoxy groups -OCH3 is 2. The predicted molar refractivity (Wildman–Crippen MR) is 107 cm³/mol. The predicted octanol–water partition coefficient (Wildman–Crippen LogP) is 3.75. The molecule has 1 fully saturated rings. The highest BCUT2D eigenvalue weighted by Gasteiger charge is 2.23. The number of benzene rings is 2. The van der Waals surface area contributed by atoms with Crippen LogP contribution in [-0.4, -0.2) is 38.3 Å². The molecule has 2 aromatic rings. The maximum atomic E-state index is 6.22. The van der Waals surface area contributed by atoms with Gasteiger partial charge in [-0.05, 0) is 42.7 Å². The molecule has 5 nitrogen and oxygen atoms in total. The van der Waals surface area contributed by atoms with E-state index in [1.807, 2.05) is 36.4 Å². The largest absolute Gasteiger partial charge is 0.493 e. The number of nitrogens with zero attached hydrogens (tertiary/aromatic N) is 1. The van der Waals surface area contributed by atoms with E-state index in [-0.39, 0.29) is 18.5 Å². The first-order valence-corrected chi connectivity index (χ1v) is 8.64. The number of ether oxygens (including phenoxy) is 3. The first-order chi connectivity index (χ1) is 12.2. The fourth-order valence-corrected chi connectivity index (χ4v) is 3.23. The highest BCUT2D eigenvalue weighted by Crippen LogP contribution is 2.38. The first-order valence-electron chi connectivity index (χ1n) is 8.64. The summed E-state index contributed by atoms with van der Waals surface area (Å²) in [7, 11) is 3.30. The van der Waals surface area contributed by atoms with E-state index in [0.717, 1.165) is 38.2 Å². The lowest BCUT2D eigenvalue weighted by molar-refractivity contribution is 0.0917. The molecule has 0 atom stereocenters. The van der Waals surface area contributed by atoms with Crippen LogP contribution in [0.4, 0.5) is 5.69 Å². The van der Waals surface area contributed by atoms with E-state index in [0.29, 0.717) is 17.2 Å². The summed E-state index contributed by atoms with van der Waals surface area (Å²) in [5, 5.41) is 0. The van der Waals surface area contributed by atoms with E-state index >= 15 is 0 Å². The highest BCUT2D eigenvalue weighted by molar-refractivity contribution is 5.85. The van der Waals surface area contributed by atoms with Crippen LogP contribution in [0, 0.1) is 0 Å². The van der Waals surface area contributed by atoms with Gasteiger partial charge in [0.1, 0.15) is 6.10 Å². The Morgan fingerprint density at radius 1 is 1.00 bits per heavy atom. The fraction of sp³-hybridized carbons (Fsp3) is 0.400. The molecule has 0 aromatic heterocycles. The van der Waals surface area contributed by atoms with E-state index in [9.17, 15) is 0 Å². The Bertz CT molecular complexity index is 681. The average Bonchev–Trinajstić information content (AvgIpc) is 2.63. The normalized spacial score (nSPS) is 15.2. The molecule has 26 heavy (non-hydrogen) atoms. The third-order valence-electron chi connectivity index (χ3n) is 4.56.